The van der Waals surface area contributed by atoms with Crippen molar-refractivity contribution in [2.24, 2.45) is 5.92 Å². The number of hydrogen-bond donors (Lipinski definition) is 1. The number of fused-ring (bicyclic) bond motifs is 2. The van der Waals surface area contributed by atoms with Gasteiger partial charge in [0, 0.05) is 37.0 Å². The van der Waals surface area contributed by atoms with Crippen molar-refractivity contribution < 1.29 is 5.11 Å². The van der Waals surface area contributed by atoms with Crippen LogP contribution in [0.2, 0.25) is 0 Å². The molecule has 0 spiro atoms. The van der Waals surface area contributed by atoms with E-state index in [0.29, 0.717) is 5.92 Å². The van der Waals surface area contributed by atoms with E-state index in [-0.39, 0.29) is 0 Å². The van der Waals surface area contributed by atoms with Crippen LogP contribution in [0.1, 0.15) is 18.4 Å². The smallest absolute Gasteiger partial charge is 0.115 e. The van der Waals surface area contributed by atoms with Crippen LogP contribution in [0.3, 0.4) is 0 Å². The van der Waals surface area contributed by atoms with Crippen LogP contribution in [-0.2, 0) is 5.60 Å². The molecule has 2 aliphatic heterocycles. The lowest BCUT2D eigenvalue weighted by Gasteiger charge is -2.38. The summed E-state index contributed by atoms with van der Waals surface area (Å²) in [6.45, 7) is 3.13. The van der Waals surface area contributed by atoms with Crippen LogP contribution in [0.5, 0.6) is 0 Å². The Morgan fingerprint density at radius 3 is 2.93 bits per heavy atom. The summed E-state index contributed by atoms with van der Waals surface area (Å²) in [6.07, 6.45) is 6.91. The van der Waals surface area contributed by atoms with Crippen LogP contribution in [0.15, 0.2) is 18.7 Å². The number of rotatable bonds is 1. The zero-order chi connectivity index (χ0) is 10.3. The first kappa shape index (κ1) is 9.24. The first-order valence-corrected chi connectivity index (χ1v) is 5.49. The van der Waals surface area contributed by atoms with Crippen LogP contribution in [0.4, 0.5) is 0 Å². The van der Waals surface area contributed by atoms with Gasteiger partial charge in [-0.05, 0) is 19.4 Å². The van der Waals surface area contributed by atoms with Crippen molar-refractivity contribution in [2.75, 3.05) is 19.6 Å². The fourth-order valence-corrected chi connectivity index (χ4v) is 2.86. The molecule has 1 aromatic heterocycles. The lowest BCUT2D eigenvalue weighted by atomic mass is 9.78. The maximum absolute atomic E-state index is 10.7. The molecule has 1 aromatic rings. The molecule has 2 aliphatic rings. The molecule has 3 rings (SSSR count). The zero-order valence-electron chi connectivity index (χ0n) is 8.63. The summed E-state index contributed by atoms with van der Waals surface area (Å²) in [4.78, 5) is 10.4. The molecule has 0 amide bonds. The van der Waals surface area contributed by atoms with Crippen LogP contribution in [-0.4, -0.2) is 39.6 Å². The lowest BCUT2D eigenvalue weighted by molar-refractivity contribution is -0.0507. The van der Waals surface area contributed by atoms with Gasteiger partial charge >= 0.3 is 0 Å². The van der Waals surface area contributed by atoms with E-state index in [1.54, 1.807) is 12.4 Å². The average molecular weight is 205 g/mol. The van der Waals surface area contributed by atoms with E-state index in [4.69, 9.17) is 0 Å². The van der Waals surface area contributed by atoms with E-state index >= 15 is 0 Å². The Kier molecular flexibility index (Phi) is 2.00. The maximum Gasteiger partial charge on any atom is 0.115 e. The number of nitrogens with zero attached hydrogens (tertiary/aromatic N) is 3. The van der Waals surface area contributed by atoms with Gasteiger partial charge in [-0.15, -0.1) is 0 Å². The molecule has 2 fully saturated rings. The minimum atomic E-state index is -0.686. The van der Waals surface area contributed by atoms with Crippen molar-refractivity contribution in [1.82, 2.24) is 14.9 Å². The standard InChI is InChI=1S/C11H15N3O/c15-11(10-5-12-8-13-6-10)2-4-14-3-1-9(11)7-14/h5-6,8-9,15H,1-4,7H2. The Morgan fingerprint density at radius 2 is 2.13 bits per heavy atom. The lowest BCUT2D eigenvalue weighted by Crippen LogP contribution is -2.44. The molecule has 4 heteroatoms. The predicted octanol–water partition coefficient (Wildman–Crippen LogP) is 0.390. The summed E-state index contributed by atoms with van der Waals surface area (Å²) in [7, 11) is 0. The quantitative estimate of drug-likeness (QED) is 0.720. The Morgan fingerprint density at radius 1 is 1.33 bits per heavy atom. The molecule has 0 radical (unpaired) electrons. The van der Waals surface area contributed by atoms with Crippen molar-refractivity contribution in [3.8, 4) is 0 Å². The highest BCUT2D eigenvalue weighted by Crippen LogP contribution is 2.42. The topological polar surface area (TPSA) is 49.3 Å². The molecular weight excluding hydrogens is 190 g/mol. The number of piperidine rings is 1. The van der Waals surface area contributed by atoms with Gasteiger partial charge in [0.25, 0.3) is 0 Å². The zero-order valence-corrected chi connectivity index (χ0v) is 8.63. The number of aromatic nitrogens is 2. The van der Waals surface area contributed by atoms with E-state index < -0.39 is 5.60 Å². The molecule has 80 valence electrons. The predicted molar refractivity (Wildman–Crippen MR) is 55.1 cm³/mol. The van der Waals surface area contributed by atoms with Crippen LogP contribution >= 0.6 is 0 Å². The first-order valence-electron chi connectivity index (χ1n) is 5.49. The Hall–Kier alpha value is -1.00. The highest BCUT2D eigenvalue weighted by Gasteiger charge is 2.46. The second-order valence-electron chi connectivity index (χ2n) is 4.59. The fourth-order valence-electron chi connectivity index (χ4n) is 2.86. The molecule has 3 unspecified atom stereocenters. The third-order valence-electron chi connectivity index (χ3n) is 3.82. The van der Waals surface area contributed by atoms with Gasteiger partial charge < -0.3 is 10.0 Å². The maximum atomic E-state index is 10.7. The summed E-state index contributed by atoms with van der Waals surface area (Å²) in [6, 6.07) is 0. The van der Waals surface area contributed by atoms with Crippen LogP contribution in [0, 0.1) is 5.92 Å². The van der Waals surface area contributed by atoms with Gasteiger partial charge in [-0.1, -0.05) is 0 Å². The van der Waals surface area contributed by atoms with Gasteiger partial charge in [-0.2, -0.15) is 0 Å². The Balaban J connectivity index is 1.96. The molecule has 1 N–H and O–H groups in total. The van der Waals surface area contributed by atoms with E-state index in [1.165, 1.54) is 6.33 Å². The molecule has 15 heavy (non-hydrogen) atoms. The van der Waals surface area contributed by atoms with Gasteiger partial charge in [-0.3, -0.25) is 0 Å². The summed E-state index contributed by atoms with van der Waals surface area (Å²) >= 11 is 0. The van der Waals surface area contributed by atoms with Crippen molar-refractivity contribution in [2.45, 2.75) is 18.4 Å². The molecule has 3 heterocycles. The van der Waals surface area contributed by atoms with Crippen molar-refractivity contribution in [3.05, 3.63) is 24.3 Å². The van der Waals surface area contributed by atoms with E-state index in [9.17, 15) is 5.11 Å². The largest absolute Gasteiger partial charge is 0.385 e. The minimum Gasteiger partial charge on any atom is -0.385 e. The SMILES string of the molecule is OC1(c2cncnc2)CCN2CCC1C2. The summed E-state index contributed by atoms with van der Waals surface area (Å²) in [5.41, 5.74) is 0.199. The fraction of sp³-hybridized carbons (Fsp3) is 0.636. The third kappa shape index (κ3) is 1.36. The molecule has 2 saturated heterocycles. The monoisotopic (exact) mass is 205 g/mol. The van der Waals surface area contributed by atoms with Gasteiger partial charge in [0.15, 0.2) is 0 Å². The summed E-state index contributed by atoms with van der Waals surface area (Å²) in [5, 5.41) is 10.7. The van der Waals surface area contributed by atoms with E-state index in [2.05, 4.69) is 14.9 Å². The average Bonchev–Trinajstić information content (AvgIpc) is 2.71. The van der Waals surface area contributed by atoms with Crippen molar-refractivity contribution in [3.63, 3.8) is 0 Å². The Bertz CT molecular complexity index is 356. The normalized spacial score (nSPS) is 39.3. The van der Waals surface area contributed by atoms with Crippen LogP contribution < -0.4 is 0 Å². The van der Waals surface area contributed by atoms with Gasteiger partial charge in [0.05, 0.1) is 5.60 Å². The van der Waals surface area contributed by atoms with Gasteiger partial charge in [-0.25, -0.2) is 9.97 Å². The van der Waals surface area contributed by atoms with Gasteiger partial charge in [0.2, 0.25) is 0 Å². The number of hydrogen-bond acceptors (Lipinski definition) is 4. The second-order valence-corrected chi connectivity index (χ2v) is 4.59. The first-order chi connectivity index (χ1) is 7.29. The molecule has 2 bridgehead atoms. The summed E-state index contributed by atoms with van der Waals surface area (Å²) in [5.74, 6) is 0.359. The molecule has 4 nitrogen and oxygen atoms in total. The summed E-state index contributed by atoms with van der Waals surface area (Å²) < 4.78 is 0. The highest BCUT2D eigenvalue weighted by atomic mass is 16.3. The highest BCUT2D eigenvalue weighted by molar-refractivity contribution is 5.18. The van der Waals surface area contributed by atoms with Crippen molar-refractivity contribution in [1.29, 1.82) is 0 Å². The molecule has 0 aliphatic carbocycles. The number of aliphatic hydroxyl groups is 1. The minimum absolute atomic E-state index is 0.359. The van der Waals surface area contributed by atoms with Gasteiger partial charge in [0.1, 0.15) is 6.33 Å². The van der Waals surface area contributed by atoms with E-state index in [0.717, 1.165) is 38.0 Å². The second kappa shape index (κ2) is 3.25. The molecule has 0 saturated carbocycles. The van der Waals surface area contributed by atoms with Crippen molar-refractivity contribution >= 4 is 0 Å². The third-order valence-corrected chi connectivity index (χ3v) is 3.82. The molecular formula is C11H15N3O. The molecule has 3 atom stereocenters. The molecule has 0 aromatic carbocycles. The Labute approximate surface area is 89.0 Å². The van der Waals surface area contributed by atoms with E-state index in [1.807, 2.05) is 0 Å². The van der Waals surface area contributed by atoms with Crippen LogP contribution in [0.25, 0.3) is 0 Å².